The first-order chi connectivity index (χ1) is 23.8. The number of fused-ring (bicyclic) bond motifs is 1. The van der Waals surface area contributed by atoms with E-state index < -0.39 is 29.0 Å². The van der Waals surface area contributed by atoms with Gasteiger partial charge in [0.25, 0.3) is 5.92 Å². The molecule has 15 heteroatoms. The van der Waals surface area contributed by atoms with Crippen LogP contribution in [0.4, 0.5) is 25.2 Å². The lowest BCUT2D eigenvalue weighted by Gasteiger charge is -2.48. The Morgan fingerprint density at radius 1 is 0.980 bits per heavy atom. The summed E-state index contributed by atoms with van der Waals surface area (Å²) in [6, 6.07) is 1.01. The molecule has 13 nitrogen and oxygen atoms in total. The number of alkyl halides is 2. The second-order valence-electron chi connectivity index (χ2n) is 15.8. The molecule has 0 spiro atoms. The van der Waals surface area contributed by atoms with Crippen LogP contribution in [0.25, 0.3) is 0 Å². The van der Waals surface area contributed by atoms with Gasteiger partial charge in [-0.2, -0.15) is 0 Å². The number of hydrogen-bond acceptors (Lipinski definition) is 10. The Hall–Kier alpha value is -3.98. The van der Waals surface area contributed by atoms with Crippen LogP contribution in [0.15, 0.2) is 24.7 Å². The number of amides is 2. The van der Waals surface area contributed by atoms with Crippen LogP contribution in [0.5, 0.6) is 0 Å². The zero-order chi connectivity index (χ0) is 37.5. The highest BCUT2D eigenvalue weighted by molar-refractivity contribution is 5.97. The van der Waals surface area contributed by atoms with Gasteiger partial charge in [0, 0.05) is 99.9 Å². The molecular weight excluding hydrogens is 662 g/mol. The third-order valence-corrected chi connectivity index (χ3v) is 9.94. The maximum Gasteiger partial charge on any atom is 0.410 e. The smallest absolute Gasteiger partial charge is 0.410 e. The van der Waals surface area contributed by atoms with Crippen molar-refractivity contribution in [1.29, 1.82) is 0 Å². The van der Waals surface area contributed by atoms with Gasteiger partial charge in [-0.05, 0) is 40.7 Å². The number of carboxylic acids is 1. The molecule has 2 fully saturated rings. The monoisotopic (exact) mass is 714 g/mol. The fourth-order valence-electron chi connectivity index (χ4n) is 7.24. The Morgan fingerprint density at radius 3 is 2.27 bits per heavy atom. The Kier molecular flexibility index (Phi) is 10.9. The number of carbonyl (C=O) groups excluding carboxylic acids is 2. The summed E-state index contributed by atoms with van der Waals surface area (Å²) in [6.07, 6.45) is 3.46. The van der Waals surface area contributed by atoms with Gasteiger partial charge < -0.3 is 24.5 Å². The largest absolute Gasteiger partial charge is 0.478 e. The number of aromatic carboxylic acids is 1. The van der Waals surface area contributed by atoms with Crippen LogP contribution in [0, 0.1) is 0 Å². The molecule has 0 bridgehead atoms. The van der Waals surface area contributed by atoms with E-state index in [1.54, 1.807) is 16.7 Å². The molecule has 0 saturated carbocycles. The highest BCUT2D eigenvalue weighted by atomic mass is 19.3. The van der Waals surface area contributed by atoms with Crippen LogP contribution in [-0.2, 0) is 20.9 Å². The summed E-state index contributed by atoms with van der Waals surface area (Å²) in [5.74, 6) is -3.88. The van der Waals surface area contributed by atoms with Gasteiger partial charge in [0.2, 0.25) is 11.9 Å². The number of pyridine rings is 1. The van der Waals surface area contributed by atoms with Crippen molar-refractivity contribution < 1.29 is 33.0 Å². The van der Waals surface area contributed by atoms with Gasteiger partial charge in [0.15, 0.2) is 0 Å². The molecule has 3 aliphatic rings. The second-order valence-corrected chi connectivity index (χ2v) is 15.8. The number of carboxylic acid groups (broad SMARTS) is 1. The number of piperazine rings is 2. The van der Waals surface area contributed by atoms with Gasteiger partial charge in [-0.15, -0.1) is 0 Å². The van der Waals surface area contributed by atoms with E-state index in [-0.39, 0.29) is 48.1 Å². The Balaban J connectivity index is 1.36. The van der Waals surface area contributed by atoms with Crippen LogP contribution in [0.3, 0.4) is 0 Å². The number of carbonyl (C=O) groups is 3. The molecule has 0 aromatic carbocycles. The normalized spacial score (nSPS) is 22.9. The van der Waals surface area contributed by atoms with E-state index in [9.17, 15) is 19.5 Å². The molecule has 2 saturated heterocycles. The number of ether oxygens (including phenoxy) is 1. The van der Waals surface area contributed by atoms with Crippen molar-refractivity contribution >= 4 is 29.6 Å². The van der Waals surface area contributed by atoms with Crippen molar-refractivity contribution in [2.24, 2.45) is 0 Å². The maximum absolute atomic E-state index is 15.0. The minimum atomic E-state index is -3.05. The molecule has 3 atom stereocenters. The predicted octanol–water partition coefficient (Wildman–Crippen LogP) is 4.61. The standard InChI is InChI=1S/C36H52F2N8O5/c1-9-10-36(37,38)26-13-28-30(39-16-26)35(7,8)22-46(28)29(47)21-44-18-24(3)45(33(50)51-34(4,5)6)20-27(44)19-42-11-12-43(17-23(42)2)32-40-14-25(15-41-32)31(48)49/h13-16,23-24,27H,9-12,17-22H2,1-8H3,(H,48,49)/t23-,24-,27+/m1/s1. The van der Waals surface area contributed by atoms with Crippen LogP contribution in [0.1, 0.15) is 89.8 Å². The lowest BCUT2D eigenvalue weighted by molar-refractivity contribution is -0.121. The number of anilines is 2. The first kappa shape index (κ1) is 38.3. The van der Waals surface area contributed by atoms with Gasteiger partial charge in [0.05, 0.1) is 23.5 Å². The Bertz CT molecular complexity index is 1600. The lowest BCUT2D eigenvalue weighted by Crippen LogP contribution is -2.65. The zero-order valence-electron chi connectivity index (χ0n) is 31.0. The van der Waals surface area contributed by atoms with Crippen LogP contribution in [0.2, 0.25) is 0 Å². The van der Waals surface area contributed by atoms with Crippen LogP contribution in [-0.4, -0.2) is 129 Å². The van der Waals surface area contributed by atoms with Gasteiger partial charge in [-0.25, -0.2) is 28.3 Å². The summed E-state index contributed by atoms with van der Waals surface area (Å²) in [5, 5.41) is 9.21. The minimum absolute atomic E-state index is 0.0215. The SMILES string of the molecule is CCCC(F)(F)c1cnc2c(c1)N(C(=O)CN1C[C@@H](C)N(C(=O)OC(C)(C)C)C[C@@H]1CN1CCN(c3ncc(C(=O)O)cn3)C[C@H]1C)CC2(C)C. The molecule has 280 valence electrons. The summed E-state index contributed by atoms with van der Waals surface area (Å²) < 4.78 is 35.8. The van der Waals surface area contributed by atoms with Crippen molar-refractivity contribution in [1.82, 2.24) is 29.7 Å². The average molecular weight is 715 g/mol. The average Bonchev–Trinajstić information content (AvgIpc) is 3.32. The van der Waals surface area contributed by atoms with Crippen molar-refractivity contribution in [3.8, 4) is 0 Å². The molecule has 2 aromatic rings. The van der Waals surface area contributed by atoms with E-state index in [4.69, 9.17) is 4.74 Å². The number of nitrogens with zero attached hydrogens (tertiary/aromatic N) is 8. The number of aromatic nitrogens is 3. The number of rotatable bonds is 9. The molecule has 5 heterocycles. The highest BCUT2D eigenvalue weighted by Crippen LogP contribution is 2.43. The van der Waals surface area contributed by atoms with Crippen molar-refractivity contribution in [2.45, 2.75) is 103 Å². The van der Waals surface area contributed by atoms with E-state index in [1.807, 2.05) is 46.4 Å². The Labute approximate surface area is 299 Å². The quantitative estimate of drug-likeness (QED) is 0.390. The zero-order valence-corrected chi connectivity index (χ0v) is 31.0. The molecular formula is C36H52F2N8O5. The van der Waals surface area contributed by atoms with Gasteiger partial charge >= 0.3 is 12.1 Å². The van der Waals surface area contributed by atoms with Gasteiger partial charge in [-0.1, -0.05) is 27.2 Å². The first-order valence-corrected chi connectivity index (χ1v) is 17.8. The van der Waals surface area contributed by atoms with Crippen LogP contribution >= 0.6 is 0 Å². The Morgan fingerprint density at radius 2 is 1.67 bits per heavy atom. The van der Waals surface area contributed by atoms with E-state index in [1.165, 1.54) is 24.7 Å². The predicted molar refractivity (Wildman–Crippen MR) is 188 cm³/mol. The van der Waals surface area contributed by atoms with E-state index in [2.05, 4.69) is 31.7 Å². The molecule has 1 N–H and O–H groups in total. The van der Waals surface area contributed by atoms with Gasteiger partial charge in [0.1, 0.15) is 5.60 Å². The summed E-state index contributed by atoms with van der Waals surface area (Å²) >= 11 is 0. The molecule has 0 unspecified atom stereocenters. The topological polar surface area (TPSA) is 136 Å². The molecule has 2 amide bonds. The summed E-state index contributed by atoms with van der Waals surface area (Å²) in [5.41, 5.74) is -0.302. The van der Waals surface area contributed by atoms with Gasteiger partial charge in [-0.3, -0.25) is 19.6 Å². The molecule has 2 aromatic heterocycles. The van der Waals surface area contributed by atoms with Crippen molar-refractivity contribution in [3.05, 3.63) is 41.5 Å². The maximum atomic E-state index is 15.0. The van der Waals surface area contributed by atoms with E-state index in [0.717, 1.165) is 0 Å². The third kappa shape index (κ3) is 8.57. The highest BCUT2D eigenvalue weighted by Gasteiger charge is 2.44. The molecule has 51 heavy (non-hydrogen) atoms. The summed E-state index contributed by atoms with van der Waals surface area (Å²) in [7, 11) is 0. The van der Waals surface area contributed by atoms with Crippen LogP contribution < -0.4 is 9.80 Å². The fourth-order valence-corrected chi connectivity index (χ4v) is 7.24. The van der Waals surface area contributed by atoms with E-state index >= 15 is 8.78 Å². The van der Waals surface area contributed by atoms with E-state index in [0.29, 0.717) is 69.6 Å². The number of halogens is 2. The molecule has 0 radical (unpaired) electrons. The number of hydrogen-bond donors (Lipinski definition) is 1. The summed E-state index contributed by atoms with van der Waals surface area (Å²) in [6.45, 7) is 18.7. The fraction of sp³-hybridized carbons (Fsp3) is 0.667. The minimum Gasteiger partial charge on any atom is -0.478 e. The second kappa shape index (κ2) is 14.6. The third-order valence-electron chi connectivity index (χ3n) is 9.94. The molecule has 0 aliphatic carbocycles. The molecule has 3 aliphatic heterocycles. The lowest BCUT2D eigenvalue weighted by atomic mass is 9.91. The van der Waals surface area contributed by atoms with Crippen molar-refractivity contribution in [3.63, 3.8) is 0 Å². The first-order valence-electron chi connectivity index (χ1n) is 17.8. The molecule has 5 rings (SSSR count). The summed E-state index contributed by atoms with van der Waals surface area (Å²) in [4.78, 5) is 61.6. The van der Waals surface area contributed by atoms with Crippen molar-refractivity contribution in [2.75, 3.05) is 62.2 Å².